The van der Waals surface area contributed by atoms with Crippen LogP contribution in [0.2, 0.25) is 0 Å². The Morgan fingerprint density at radius 3 is 2.73 bits per heavy atom. The number of rotatable bonds is 7. The van der Waals surface area contributed by atoms with Crippen molar-refractivity contribution >= 4 is 22.9 Å². The van der Waals surface area contributed by atoms with Crippen molar-refractivity contribution in [3.8, 4) is 11.8 Å². The number of nitrogens with one attached hydrogen (secondary N) is 1. The first-order valence-electron chi connectivity index (χ1n) is 9.74. The van der Waals surface area contributed by atoms with E-state index in [9.17, 15) is 4.79 Å². The van der Waals surface area contributed by atoms with Gasteiger partial charge in [0, 0.05) is 53.6 Å². The Bertz CT molecular complexity index is 1230. The highest BCUT2D eigenvalue weighted by atomic mass is 16.1. The van der Waals surface area contributed by atoms with E-state index in [1.807, 2.05) is 77.6 Å². The second-order valence-electron chi connectivity index (χ2n) is 6.88. The molecule has 0 aliphatic heterocycles. The first-order chi connectivity index (χ1) is 14.7. The smallest absolute Gasteiger partial charge is 0.244 e. The summed E-state index contributed by atoms with van der Waals surface area (Å²) in [4.78, 5) is 12.3. The molecule has 0 aliphatic rings. The van der Waals surface area contributed by atoms with Crippen LogP contribution in [0.4, 0.5) is 0 Å². The molecule has 0 saturated carbocycles. The molecule has 148 valence electrons. The second-order valence-corrected chi connectivity index (χ2v) is 6.88. The summed E-state index contributed by atoms with van der Waals surface area (Å²) >= 11 is 0. The molecule has 6 heteroatoms. The average molecular weight is 395 g/mol. The minimum absolute atomic E-state index is 0.170. The molecule has 30 heavy (non-hydrogen) atoms. The summed E-state index contributed by atoms with van der Waals surface area (Å²) in [6.07, 6.45) is 9.43. The SMILES string of the molecule is N#CCCn1cc(C=CC(=O)NCc2cnn(-c3ccccc3)c2)c2ccccc21. The third kappa shape index (κ3) is 4.31. The number of aryl methyl sites for hydroxylation is 1. The summed E-state index contributed by atoms with van der Waals surface area (Å²) in [6.45, 7) is 1.03. The topological polar surface area (TPSA) is 75.6 Å². The van der Waals surface area contributed by atoms with Gasteiger partial charge in [0.2, 0.25) is 5.91 Å². The molecule has 0 radical (unpaired) electrons. The Hall–Kier alpha value is -4.11. The second kappa shape index (κ2) is 8.93. The van der Waals surface area contributed by atoms with Crippen LogP contribution in [0.1, 0.15) is 17.5 Å². The molecular formula is C24H21N5O. The van der Waals surface area contributed by atoms with Crippen LogP contribution in [0.5, 0.6) is 0 Å². The van der Waals surface area contributed by atoms with Gasteiger partial charge in [0.05, 0.1) is 24.4 Å². The number of carbonyl (C=O) groups excluding carboxylic acids is 1. The van der Waals surface area contributed by atoms with Gasteiger partial charge in [0.1, 0.15) is 0 Å². The van der Waals surface area contributed by atoms with Crippen molar-refractivity contribution < 1.29 is 4.79 Å². The Kier molecular flexibility index (Phi) is 5.72. The number of nitriles is 1. The molecule has 4 aromatic rings. The van der Waals surface area contributed by atoms with Crippen molar-refractivity contribution in [3.05, 3.63) is 90.4 Å². The lowest BCUT2D eigenvalue weighted by Gasteiger charge is -2.00. The predicted octanol–water partition coefficient (Wildman–Crippen LogP) is 4.07. The lowest BCUT2D eigenvalue weighted by molar-refractivity contribution is -0.116. The monoisotopic (exact) mass is 395 g/mol. The molecule has 0 unspecified atom stereocenters. The molecule has 0 saturated heterocycles. The molecule has 0 fully saturated rings. The quantitative estimate of drug-likeness (QED) is 0.479. The Morgan fingerprint density at radius 2 is 1.90 bits per heavy atom. The molecule has 0 aliphatic carbocycles. The third-order valence-electron chi connectivity index (χ3n) is 4.82. The van der Waals surface area contributed by atoms with Gasteiger partial charge in [-0.2, -0.15) is 10.4 Å². The van der Waals surface area contributed by atoms with Crippen LogP contribution in [0, 0.1) is 11.3 Å². The van der Waals surface area contributed by atoms with Crippen molar-refractivity contribution in [2.75, 3.05) is 0 Å². The zero-order chi connectivity index (χ0) is 20.8. The minimum atomic E-state index is -0.170. The largest absolute Gasteiger partial charge is 0.348 e. The highest BCUT2D eigenvalue weighted by molar-refractivity contribution is 5.96. The van der Waals surface area contributed by atoms with Crippen LogP contribution in [0.3, 0.4) is 0 Å². The van der Waals surface area contributed by atoms with E-state index in [0.29, 0.717) is 19.5 Å². The lowest BCUT2D eigenvalue weighted by Crippen LogP contribution is -2.19. The van der Waals surface area contributed by atoms with E-state index in [-0.39, 0.29) is 5.91 Å². The Labute approximate surface area is 174 Å². The molecule has 0 bridgehead atoms. The number of nitrogens with zero attached hydrogens (tertiary/aromatic N) is 4. The molecule has 0 atom stereocenters. The number of para-hydroxylation sites is 2. The van der Waals surface area contributed by atoms with Crippen LogP contribution in [-0.2, 0) is 17.9 Å². The van der Waals surface area contributed by atoms with Gasteiger partial charge in [0.15, 0.2) is 0 Å². The van der Waals surface area contributed by atoms with Gasteiger partial charge in [0.25, 0.3) is 0 Å². The van der Waals surface area contributed by atoms with Gasteiger partial charge in [-0.05, 0) is 24.3 Å². The van der Waals surface area contributed by atoms with E-state index >= 15 is 0 Å². The van der Waals surface area contributed by atoms with Gasteiger partial charge >= 0.3 is 0 Å². The summed E-state index contributed by atoms with van der Waals surface area (Å²) in [5.41, 5.74) is 3.91. The molecule has 2 heterocycles. The summed E-state index contributed by atoms with van der Waals surface area (Å²) in [5.74, 6) is -0.170. The fraction of sp³-hybridized carbons (Fsp3) is 0.125. The van der Waals surface area contributed by atoms with Crippen molar-refractivity contribution in [1.82, 2.24) is 19.7 Å². The highest BCUT2D eigenvalue weighted by Crippen LogP contribution is 2.22. The molecule has 4 rings (SSSR count). The van der Waals surface area contributed by atoms with Crippen molar-refractivity contribution in [3.63, 3.8) is 0 Å². The maximum Gasteiger partial charge on any atom is 0.244 e. The van der Waals surface area contributed by atoms with Crippen LogP contribution in [-0.4, -0.2) is 20.3 Å². The Morgan fingerprint density at radius 1 is 1.10 bits per heavy atom. The molecule has 6 nitrogen and oxygen atoms in total. The normalized spacial score (nSPS) is 11.0. The summed E-state index contributed by atoms with van der Waals surface area (Å²) < 4.78 is 3.83. The van der Waals surface area contributed by atoms with Crippen molar-refractivity contribution in [2.45, 2.75) is 19.5 Å². The summed E-state index contributed by atoms with van der Waals surface area (Å²) in [6, 6.07) is 20.0. The molecule has 0 spiro atoms. The van der Waals surface area contributed by atoms with E-state index in [4.69, 9.17) is 5.26 Å². The molecule has 1 amide bonds. The number of amides is 1. The van der Waals surface area contributed by atoms with Crippen molar-refractivity contribution in [1.29, 1.82) is 5.26 Å². The van der Waals surface area contributed by atoms with Crippen LogP contribution < -0.4 is 5.32 Å². The number of aromatic nitrogens is 3. The van der Waals surface area contributed by atoms with Crippen LogP contribution in [0.25, 0.3) is 22.7 Å². The van der Waals surface area contributed by atoms with Gasteiger partial charge in [-0.15, -0.1) is 0 Å². The third-order valence-corrected chi connectivity index (χ3v) is 4.82. The predicted molar refractivity (Wildman–Crippen MR) is 117 cm³/mol. The van der Waals surface area contributed by atoms with Gasteiger partial charge in [-0.1, -0.05) is 36.4 Å². The van der Waals surface area contributed by atoms with Crippen LogP contribution >= 0.6 is 0 Å². The number of benzene rings is 2. The van der Waals surface area contributed by atoms with E-state index in [2.05, 4.69) is 16.5 Å². The number of hydrogen-bond donors (Lipinski definition) is 1. The Balaban J connectivity index is 1.41. The van der Waals surface area contributed by atoms with Gasteiger partial charge < -0.3 is 9.88 Å². The van der Waals surface area contributed by atoms with E-state index in [1.54, 1.807) is 10.9 Å². The molecule has 2 aromatic carbocycles. The zero-order valence-corrected chi connectivity index (χ0v) is 16.4. The van der Waals surface area contributed by atoms with Gasteiger partial charge in [-0.25, -0.2) is 4.68 Å². The summed E-state index contributed by atoms with van der Waals surface area (Å²) in [7, 11) is 0. The zero-order valence-electron chi connectivity index (χ0n) is 16.4. The average Bonchev–Trinajstić information content (AvgIpc) is 3.40. The highest BCUT2D eigenvalue weighted by Gasteiger charge is 2.07. The lowest BCUT2D eigenvalue weighted by atomic mass is 10.1. The standard InChI is InChI=1S/C24H21N5O/c25-13-6-14-28-18-20(22-9-4-5-10-23(22)28)11-12-24(30)26-15-19-16-27-29(17-19)21-7-2-1-3-8-21/h1-5,7-12,16-18H,6,14-15H2,(H,26,30). The van der Waals surface area contributed by atoms with Crippen molar-refractivity contribution in [2.24, 2.45) is 0 Å². The molecule has 1 N–H and O–H groups in total. The number of fused-ring (bicyclic) bond motifs is 1. The molecule has 2 aromatic heterocycles. The van der Waals surface area contributed by atoms with Crippen LogP contribution in [0.15, 0.2) is 79.3 Å². The van der Waals surface area contributed by atoms with E-state index < -0.39 is 0 Å². The maximum atomic E-state index is 12.3. The van der Waals surface area contributed by atoms with E-state index in [1.165, 1.54) is 6.08 Å². The van der Waals surface area contributed by atoms with E-state index in [0.717, 1.165) is 27.7 Å². The fourth-order valence-electron chi connectivity index (χ4n) is 3.35. The first-order valence-corrected chi connectivity index (χ1v) is 9.74. The first kappa shape index (κ1) is 19.2. The number of hydrogen-bond acceptors (Lipinski definition) is 3. The maximum absolute atomic E-state index is 12.3. The number of carbonyl (C=O) groups is 1. The summed E-state index contributed by atoms with van der Waals surface area (Å²) in [5, 5.41) is 17.2. The molecular weight excluding hydrogens is 374 g/mol. The van der Waals surface area contributed by atoms with Gasteiger partial charge in [-0.3, -0.25) is 4.79 Å². The minimum Gasteiger partial charge on any atom is -0.348 e. The fourth-order valence-corrected chi connectivity index (χ4v) is 3.35.